The summed E-state index contributed by atoms with van der Waals surface area (Å²) in [5.41, 5.74) is 6.71. The van der Waals surface area contributed by atoms with Gasteiger partial charge in [0, 0.05) is 16.7 Å². The molecule has 0 amide bonds. The van der Waals surface area contributed by atoms with Gasteiger partial charge >= 0.3 is 0 Å². The van der Waals surface area contributed by atoms with Gasteiger partial charge in [-0.3, -0.25) is 0 Å². The van der Waals surface area contributed by atoms with Crippen molar-refractivity contribution in [1.82, 2.24) is 15.0 Å². The fourth-order valence-corrected chi connectivity index (χ4v) is 4.60. The molecule has 0 saturated carbocycles. The van der Waals surface area contributed by atoms with Crippen LogP contribution in [0.2, 0.25) is 0 Å². The Hall–Kier alpha value is -4.77. The van der Waals surface area contributed by atoms with Crippen LogP contribution >= 0.6 is 0 Å². The van der Waals surface area contributed by atoms with E-state index in [1.165, 1.54) is 35.4 Å². The molecule has 3 nitrogen and oxygen atoms in total. The quantitative estimate of drug-likeness (QED) is 0.236. The van der Waals surface area contributed by atoms with Crippen LogP contribution in [0.4, 0.5) is 8.78 Å². The lowest BCUT2D eigenvalue weighted by Crippen LogP contribution is -2.00. The van der Waals surface area contributed by atoms with Crippen molar-refractivity contribution in [2.45, 2.75) is 13.3 Å². The van der Waals surface area contributed by atoms with Gasteiger partial charge in [0.2, 0.25) is 0 Å². The van der Waals surface area contributed by atoms with Crippen LogP contribution in [0.5, 0.6) is 0 Å². The molecule has 39 heavy (non-hydrogen) atoms. The van der Waals surface area contributed by atoms with Gasteiger partial charge in [-0.15, -0.1) is 0 Å². The minimum Gasteiger partial charge on any atom is -0.208 e. The summed E-state index contributed by atoms with van der Waals surface area (Å²) in [6.07, 6.45) is 7.80. The molecule has 0 radical (unpaired) electrons. The number of aromatic nitrogens is 3. The maximum absolute atomic E-state index is 13.6. The maximum atomic E-state index is 13.6. The second-order valence-corrected chi connectivity index (χ2v) is 9.71. The van der Waals surface area contributed by atoms with Crippen molar-refractivity contribution in [3.8, 4) is 45.3 Å². The number of halogens is 2. The number of nitrogens with zero attached hydrogens (tertiary/aromatic N) is 3. The van der Waals surface area contributed by atoms with E-state index >= 15 is 0 Å². The first-order valence-electron chi connectivity index (χ1n) is 12.9. The first kappa shape index (κ1) is 24.6. The summed E-state index contributed by atoms with van der Waals surface area (Å²) in [6, 6.07) is 28.6. The van der Waals surface area contributed by atoms with Gasteiger partial charge in [-0.2, -0.15) is 0 Å². The molecule has 0 bridgehead atoms. The van der Waals surface area contributed by atoms with E-state index < -0.39 is 0 Å². The average molecular weight is 514 g/mol. The Morgan fingerprint density at radius 2 is 1.05 bits per heavy atom. The van der Waals surface area contributed by atoms with Gasteiger partial charge < -0.3 is 0 Å². The minimum absolute atomic E-state index is 0.337. The molecule has 0 spiro atoms. The molecule has 1 unspecified atom stereocenters. The molecule has 0 fully saturated rings. The van der Waals surface area contributed by atoms with Gasteiger partial charge in [-0.05, 0) is 89.2 Å². The molecular formula is C34H25F2N3. The van der Waals surface area contributed by atoms with Gasteiger partial charge in [0.1, 0.15) is 11.6 Å². The highest BCUT2D eigenvalue weighted by molar-refractivity contribution is 5.78. The summed E-state index contributed by atoms with van der Waals surface area (Å²) in [7, 11) is 0. The van der Waals surface area contributed by atoms with Crippen molar-refractivity contribution < 1.29 is 8.78 Å². The molecule has 190 valence electrons. The zero-order valence-corrected chi connectivity index (χ0v) is 21.4. The standard InChI is InChI=1S/C34H25F2N3/c1-22-5-7-23(8-6-22)24-9-11-25(12-10-24)28-3-2-4-29(21-28)34-38-32(26-13-17-30(35)18-14-26)37-33(39-34)27-15-19-31(36)20-16-27/h2-5,7-22H,6H2,1H3. The number of rotatable bonds is 5. The van der Waals surface area contributed by atoms with Crippen molar-refractivity contribution in [3.63, 3.8) is 0 Å². The summed E-state index contributed by atoms with van der Waals surface area (Å²) >= 11 is 0. The Morgan fingerprint density at radius 3 is 1.59 bits per heavy atom. The van der Waals surface area contributed by atoms with Crippen LogP contribution in [0.1, 0.15) is 18.9 Å². The lowest BCUT2D eigenvalue weighted by molar-refractivity contribution is 0.627. The summed E-state index contributed by atoms with van der Waals surface area (Å²) in [4.78, 5) is 14.1. The SMILES string of the molecule is CC1C=CC(c2ccc(-c3cccc(-c4nc(-c5ccc(F)cc5)nc(-c5ccc(F)cc5)n4)c3)cc2)=CC1. The lowest BCUT2D eigenvalue weighted by atomic mass is 9.93. The van der Waals surface area contributed by atoms with Crippen LogP contribution in [0.25, 0.3) is 50.9 Å². The fourth-order valence-electron chi connectivity index (χ4n) is 4.60. The third-order valence-electron chi connectivity index (χ3n) is 6.83. The van der Waals surface area contributed by atoms with Crippen molar-refractivity contribution in [2.75, 3.05) is 0 Å². The number of hydrogen-bond donors (Lipinski definition) is 0. The second kappa shape index (κ2) is 10.5. The molecule has 0 aliphatic heterocycles. The van der Waals surface area contributed by atoms with Gasteiger partial charge in [0.15, 0.2) is 17.5 Å². The molecule has 0 N–H and O–H groups in total. The van der Waals surface area contributed by atoms with E-state index in [1.807, 2.05) is 12.1 Å². The zero-order chi connectivity index (χ0) is 26.8. The van der Waals surface area contributed by atoms with Gasteiger partial charge in [-0.25, -0.2) is 23.7 Å². The van der Waals surface area contributed by atoms with E-state index in [9.17, 15) is 8.78 Å². The molecule has 1 heterocycles. The van der Waals surface area contributed by atoms with Crippen molar-refractivity contribution in [1.29, 1.82) is 0 Å². The maximum Gasteiger partial charge on any atom is 0.164 e. The summed E-state index contributed by atoms with van der Waals surface area (Å²) in [6.45, 7) is 2.22. The molecule has 1 aromatic heterocycles. The number of hydrogen-bond acceptors (Lipinski definition) is 3. The van der Waals surface area contributed by atoms with Crippen LogP contribution in [0.15, 0.2) is 115 Å². The Kier molecular flexibility index (Phi) is 6.64. The van der Waals surface area contributed by atoms with Crippen molar-refractivity contribution >= 4 is 5.57 Å². The highest BCUT2D eigenvalue weighted by Gasteiger charge is 2.14. The van der Waals surface area contributed by atoms with E-state index in [0.717, 1.165) is 23.1 Å². The van der Waals surface area contributed by atoms with E-state index in [0.29, 0.717) is 34.5 Å². The molecule has 1 atom stereocenters. The molecule has 6 rings (SSSR count). The van der Waals surface area contributed by atoms with Crippen molar-refractivity contribution in [2.24, 2.45) is 5.92 Å². The van der Waals surface area contributed by atoms with Crippen LogP contribution in [0.3, 0.4) is 0 Å². The average Bonchev–Trinajstić information content (AvgIpc) is 2.98. The Balaban J connectivity index is 1.38. The Labute approximate surface area is 226 Å². The molecular weight excluding hydrogens is 488 g/mol. The predicted molar refractivity (Wildman–Crippen MR) is 152 cm³/mol. The van der Waals surface area contributed by atoms with Crippen LogP contribution in [-0.2, 0) is 0 Å². The van der Waals surface area contributed by atoms with E-state index in [-0.39, 0.29) is 11.6 Å². The molecule has 5 aromatic rings. The molecule has 4 aromatic carbocycles. The van der Waals surface area contributed by atoms with Crippen molar-refractivity contribution in [3.05, 3.63) is 132 Å². The third-order valence-corrected chi connectivity index (χ3v) is 6.83. The van der Waals surface area contributed by atoms with Crippen LogP contribution in [-0.4, -0.2) is 15.0 Å². The van der Waals surface area contributed by atoms with Gasteiger partial charge in [-0.1, -0.05) is 67.6 Å². The Morgan fingerprint density at radius 1 is 0.564 bits per heavy atom. The molecule has 1 aliphatic carbocycles. The Bertz CT molecular complexity index is 1620. The topological polar surface area (TPSA) is 38.7 Å². The molecule has 1 aliphatic rings. The summed E-state index contributed by atoms with van der Waals surface area (Å²) < 4.78 is 27.2. The fraction of sp³-hybridized carbons (Fsp3) is 0.0882. The molecule has 5 heteroatoms. The van der Waals surface area contributed by atoms with Gasteiger partial charge in [0.25, 0.3) is 0 Å². The minimum atomic E-state index is -0.337. The molecule has 0 saturated heterocycles. The first-order chi connectivity index (χ1) is 19.0. The normalized spacial score (nSPS) is 14.7. The van der Waals surface area contributed by atoms with E-state index in [2.05, 4.69) is 66.5 Å². The highest BCUT2D eigenvalue weighted by atomic mass is 19.1. The van der Waals surface area contributed by atoms with Crippen LogP contribution in [0, 0.1) is 17.6 Å². The van der Waals surface area contributed by atoms with Crippen LogP contribution < -0.4 is 0 Å². The van der Waals surface area contributed by atoms with Gasteiger partial charge in [0.05, 0.1) is 0 Å². The number of allylic oxidation sites excluding steroid dienone is 4. The van der Waals surface area contributed by atoms with E-state index in [4.69, 9.17) is 9.97 Å². The predicted octanol–water partition coefficient (Wildman–Crippen LogP) is 8.80. The largest absolute Gasteiger partial charge is 0.208 e. The lowest BCUT2D eigenvalue weighted by Gasteiger charge is -2.13. The summed E-state index contributed by atoms with van der Waals surface area (Å²) in [5.74, 6) is 1.22. The second-order valence-electron chi connectivity index (χ2n) is 9.71. The zero-order valence-electron chi connectivity index (χ0n) is 21.4. The number of benzene rings is 4. The van der Waals surface area contributed by atoms with E-state index in [1.54, 1.807) is 24.3 Å². The monoisotopic (exact) mass is 513 g/mol. The third kappa shape index (κ3) is 5.43. The first-order valence-corrected chi connectivity index (χ1v) is 12.9. The highest BCUT2D eigenvalue weighted by Crippen LogP contribution is 2.30. The smallest absolute Gasteiger partial charge is 0.164 e. The summed E-state index contributed by atoms with van der Waals surface area (Å²) in [5, 5.41) is 0.